The average Bonchev–Trinajstić information content (AvgIpc) is 3.44. The van der Waals surface area contributed by atoms with Crippen LogP contribution < -0.4 is 4.90 Å². The molecule has 3 saturated heterocycles. The molecule has 0 aromatic carbocycles. The van der Waals surface area contributed by atoms with Crippen LogP contribution in [0.1, 0.15) is 25.7 Å². The molecule has 3 fully saturated rings. The Morgan fingerprint density at radius 1 is 0.931 bits per heavy atom. The van der Waals surface area contributed by atoms with Gasteiger partial charge in [-0.05, 0) is 37.8 Å². The minimum absolute atomic E-state index is 0.665. The van der Waals surface area contributed by atoms with Gasteiger partial charge in [0.2, 0.25) is 0 Å². The molecular weight excluding hydrogens is 364 g/mol. The van der Waals surface area contributed by atoms with E-state index in [0.29, 0.717) is 18.1 Å². The number of anilines is 1. The second kappa shape index (κ2) is 6.85. The number of fused-ring (bicyclic) bond motifs is 3. The molecule has 2 bridgehead atoms. The lowest BCUT2D eigenvalue weighted by Crippen LogP contribution is -2.58. The number of nitrogens with zero attached hydrogens (tertiary/aromatic N) is 6. The van der Waals surface area contributed by atoms with E-state index in [2.05, 4.69) is 44.5 Å². The fourth-order valence-corrected chi connectivity index (χ4v) is 5.71. The second-order valence-electron chi connectivity index (χ2n) is 8.76. The van der Waals surface area contributed by atoms with Gasteiger partial charge < -0.3 is 9.64 Å². The normalized spacial score (nSPS) is 25.9. The Kier molecular flexibility index (Phi) is 4.13. The molecule has 3 aliphatic heterocycles. The highest BCUT2D eigenvalue weighted by atomic mass is 16.5. The summed E-state index contributed by atoms with van der Waals surface area (Å²) in [6, 6.07) is 6.49. The van der Waals surface area contributed by atoms with Crippen LogP contribution in [0.15, 0.2) is 36.9 Å². The van der Waals surface area contributed by atoms with Crippen molar-refractivity contribution in [3.63, 3.8) is 0 Å². The lowest BCUT2D eigenvalue weighted by atomic mass is 10.0. The van der Waals surface area contributed by atoms with Crippen molar-refractivity contribution in [3.05, 3.63) is 36.9 Å². The van der Waals surface area contributed by atoms with E-state index in [9.17, 15) is 0 Å². The molecule has 6 heterocycles. The summed E-state index contributed by atoms with van der Waals surface area (Å²) in [5.41, 5.74) is 4.79. The third-order valence-corrected chi connectivity index (χ3v) is 7.02. The lowest BCUT2D eigenvalue weighted by Gasteiger charge is -2.47. The Hall–Kier alpha value is -2.38. The summed E-state index contributed by atoms with van der Waals surface area (Å²) in [6.07, 6.45) is 13.1. The van der Waals surface area contributed by atoms with Crippen molar-refractivity contribution in [3.8, 4) is 11.1 Å². The summed E-state index contributed by atoms with van der Waals surface area (Å²) >= 11 is 0. The lowest BCUT2D eigenvalue weighted by molar-refractivity contribution is 0.00925. The van der Waals surface area contributed by atoms with Crippen molar-refractivity contribution in [1.29, 1.82) is 0 Å². The second-order valence-corrected chi connectivity index (χ2v) is 8.76. The highest BCUT2D eigenvalue weighted by molar-refractivity contribution is 5.79. The van der Waals surface area contributed by atoms with Crippen molar-refractivity contribution >= 4 is 11.2 Å². The van der Waals surface area contributed by atoms with Crippen LogP contribution in [0, 0.1) is 0 Å². The van der Waals surface area contributed by atoms with Crippen molar-refractivity contribution in [1.82, 2.24) is 24.3 Å². The topological polar surface area (TPSA) is 50.8 Å². The van der Waals surface area contributed by atoms with Crippen molar-refractivity contribution < 1.29 is 4.74 Å². The number of hydrogen-bond acceptors (Lipinski definition) is 5. The maximum atomic E-state index is 5.61. The molecule has 0 saturated carbocycles. The van der Waals surface area contributed by atoms with Gasteiger partial charge in [0.1, 0.15) is 0 Å². The standard InChI is InChI=1S/C22H28N6O/c1-25-12-17(11-24-25)16-10-22-21(4-7-23-27(22)13-16)26-14-19-2-3-20(15-26)28(19)18-5-8-29-9-6-18/h4,7,10-13,18-20H,2-3,5-6,8-9,14-15H2,1H3. The zero-order chi connectivity index (χ0) is 19.4. The molecule has 0 aliphatic carbocycles. The van der Waals surface area contributed by atoms with Gasteiger partial charge in [0.05, 0.1) is 17.4 Å². The van der Waals surface area contributed by atoms with Gasteiger partial charge in [-0.15, -0.1) is 0 Å². The first-order valence-electron chi connectivity index (χ1n) is 10.8. The monoisotopic (exact) mass is 392 g/mol. The van der Waals surface area contributed by atoms with E-state index < -0.39 is 0 Å². The zero-order valence-corrected chi connectivity index (χ0v) is 16.9. The third-order valence-electron chi connectivity index (χ3n) is 7.02. The average molecular weight is 393 g/mol. The fraction of sp³-hybridized carbons (Fsp3) is 0.545. The molecule has 0 radical (unpaired) electrons. The van der Waals surface area contributed by atoms with E-state index >= 15 is 0 Å². The van der Waals surface area contributed by atoms with E-state index in [4.69, 9.17) is 4.74 Å². The van der Waals surface area contributed by atoms with E-state index in [1.807, 2.05) is 28.6 Å². The molecule has 3 aromatic rings. The minimum atomic E-state index is 0.665. The first-order chi connectivity index (χ1) is 14.3. The van der Waals surface area contributed by atoms with Crippen LogP contribution in [-0.2, 0) is 11.8 Å². The number of rotatable bonds is 3. The molecule has 3 aliphatic rings. The van der Waals surface area contributed by atoms with E-state index in [0.717, 1.165) is 31.9 Å². The van der Waals surface area contributed by atoms with Crippen molar-refractivity contribution in [2.45, 2.75) is 43.8 Å². The Morgan fingerprint density at radius 3 is 2.45 bits per heavy atom. The molecule has 2 unspecified atom stereocenters. The van der Waals surface area contributed by atoms with Crippen LogP contribution in [-0.4, -0.2) is 68.7 Å². The highest BCUT2D eigenvalue weighted by Gasteiger charge is 2.43. The maximum absolute atomic E-state index is 5.61. The largest absolute Gasteiger partial charge is 0.381 e. The SMILES string of the molecule is Cn1cc(-c2cc3c(N4CC5CCC(C4)N5C4CCOCC4)ccnn3c2)cn1. The van der Waals surface area contributed by atoms with Gasteiger partial charge in [-0.2, -0.15) is 10.2 Å². The smallest absolute Gasteiger partial charge is 0.0886 e. The van der Waals surface area contributed by atoms with Crippen molar-refractivity contribution in [2.24, 2.45) is 7.05 Å². The maximum Gasteiger partial charge on any atom is 0.0886 e. The number of aromatic nitrogens is 4. The Labute approximate surface area is 170 Å². The van der Waals surface area contributed by atoms with E-state index in [1.54, 1.807) is 0 Å². The van der Waals surface area contributed by atoms with Crippen LogP contribution in [0.2, 0.25) is 0 Å². The minimum Gasteiger partial charge on any atom is -0.381 e. The van der Waals surface area contributed by atoms with Gasteiger partial charge >= 0.3 is 0 Å². The van der Waals surface area contributed by atoms with Gasteiger partial charge in [-0.25, -0.2) is 4.52 Å². The molecule has 29 heavy (non-hydrogen) atoms. The predicted molar refractivity (Wildman–Crippen MR) is 112 cm³/mol. The number of aryl methyl sites for hydroxylation is 1. The Bertz CT molecular complexity index is 1010. The molecule has 0 N–H and O–H groups in total. The Balaban J connectivity index is 1.30. The number of ether oxygens (including phenoxy) is 1. The molecular formula is C22H28N6O. The summed E-state index contributed by atoms with van der Waals surface area (Å²) in [5, 5.41) is 8.89. The quantitative estimate of drug-likeness (QED) is 0.686. The fourth-order valence-electron chi connectivity index (χ4n) is 5.71. The van der Waals surface area contributed by atoms with Crippen molar-refractivity contribution in [2.75, 3.05) is 31.2 Å². The summed E-state index contributed by atoms with van der Waals surface area (Å²) in [4.78, 5) is 5.44. The zero-order valence-electron chi connectivity index (χ0n) is 16.9. The van der Waals surface area contributed by atoms with Gasteiger partial charge in [0.25, 0.3) is 0 Å². The predicted octanol–water partition coefficient (Wildman–Crippen LogP) is 2.57. The van der Waals surface area contributed by atoms with Gasteiger partial charge in [-0.1, -0.05) is 0 Å². The van der Waals surface area contributed by atoms with Gasteiger partial charge in [0, 0.05) is 81.2 Å². The number of hydrogen-bond donors (Lipinski definition) is 0. The molecule has 6 rings (SSSR count). The van der Waals surface area contributed by atoms with Gasteiger partial charge in [-0.3, -0.25) is 9.58 Å². The first-order valence-corrected chi connectivity index (χ1v) is 10.8. The van der Waals surface area contributed by atoms with Crippen LogP contribution in [0.4, 0.5) is 5.69 Å². The summed E-state index contributed by atoms with van der Waals surface area (Å²) in [5.74, 6) is 0. The molecule has 0 amide bonds. The van der Waals surface area contributed by atoms with E-state index in [1.165, 1.54) is 42.5 Å². The molecule has 7 heteroatoms. The third kappa shape index (κ3) is 2.95. The molecule has 2 atom stereocenters. The first kappa shape index (κ1) is 17.5. The molecule has 152 valence electrons. The Morgan fingerprint density at radius 2 is 1.72 bits per heavy atom. The summed E-state index contributed by atoms with van der Waals surface area (Å²) in [6.45, 7) is 4.08. The summed E-state index contributed by atoms with van der Waals surface area (Å²) in [7, 11) is 1.96. The summed E-state index contributed by atoms with van der Waals surface area (Å²) < 4.78 is 9.47. The van der Waals surface area contributed by atoms with Crippen LogP contribution in [0.5, 0.6) is 0 Å². The molecule has 7 nitrogen and oxygen atoms in total. The van der Waals surface area contributed by atoms with E-state index in [-0.39, 0.29) is 0 Å². The molecule has 0 spiro atoms. The number of piperazine rings is 1. The highest BCUT2D eigenvalue weighted by Crippen LogP contribution is 2.38. The van der Waals surface area contributed by atoms with Crippen LogP contribution in [0.3, 0.4) is 0 Å². The van der Waals surface area contributed by atoms with Gasteiger partial charge in [0.15, 0.2) is 0 Å². The van der Waals surface area contributed by atoms with Crippen LogP contribution in [0.25, 0.3) is 16.6 Å². The molecule has 3 aromatic heterocycles. The van der Waals surface area contributed by atoms with Crippen LogP contribution >= 0.6 is 0 Å².